The maximum Gasteiger partial charge on any atom is 0.245 e. The van der Waals surface area contributed by atoms with E-state index in [2.05, 4.69) is 10.0 Å². The number of carbonyl (C=O) groups excluding carboxylic acids is 1. The first kappa shape index (κ1) is 19.7. The Balaban J connectivity index is 2.78. The van der Waals surface area contributed by atoms with E-state index in [4.69, 9.17) is 21.1 Å². The van der Waals surface area contributed by atoms with Crippen LogP contribution in [0.15, 0.2) is 23.1 Å². The number of amides is 1. The number of halogens is 1. The molecule has 0 radical (unpaired) electrons. The third kappa shape index (κ3) is 5.98. The van der Waals surface area contributed by atoms with Crippen LogP contribution in [0.3, 0.4) is 0 Å². The Morgan fingerprint density at radius 3 is 2.65 bits per heavy atom. The lowest BCUT2D eigenvalue weighted by atomic mass is 10.3. The number of sulfonamides is 1. The highest BCUT2D eigenvalue weighted by Crippen LogP contribution is 2.26. The third-order valence-electron chi connectivity index (χ3n) is 2.96. The van der Waals surface area contributed by atoms with E-state index in [1.807, 2.05) is 0 Å². The second-order valence-corrected chi connectivity index (χ2v) is 6.89. The highest BCUT2D eigenvalue weighted by Gasteiger charge is 2.25. The second-order valence-electron chi connectivity index (χ2n) is 4.78. The summed E-state index contributed by atoms with van der Waals surface area (Å²) < 4.78 is 37.0. The van der Waals surface area contributed by atoms with E-state index in [-0.39, 0.29) is 15.7 Å². The van der Waals surface area contributed by atoms with E-state index in [1.54, 1.807) is 7.11 Å². The topological polar surface area (TPSA) is 93.7 Å². The second kappa shape index (κ2) is 9.07. The molecule has 0 spiro atoms. The van der Waals surface area contributed by atoms with E-state index in [9.17, 15) is 13.2 Å². The largest absolute Gasteiger partial charge is 0.495 e. The van der Waals surface area contributed by atoms with E-state index < -0.39 is 22.0 Å². The maximum absolute atomic E-state index is 12.4. The Morgan fingerprint density at radius 2 is 2.04 bits per heavy atom. The van der Waals surface area contributed by atoms with E-state index >= 15 is 0 Å². The van der Waals surface area contributed by atoms with Gasteiger partial charge in [-0.05, 0) is 31.5 Å². The Morgan fingerprint density at radius 1 is 1.35 bits per heavy atom. The number of methoxy groups -OCH3 is 2. The molecule has 0 fully saturated rings. The SMILES string of the molecule is COCCCNC(=O)[C@@H](C)NS(=O)(=O)c1cc(Cl)ccc1OC. The zero-order valence-corrected chi connectivity index (χ0v) is 14.8. The van der Waals surface area contributed by atoms with Gasteiger partial charge in [0.15, 0.2) is 0 Å². The Labute approximate surface area is 141 Å². The van der Waals surface area contributed by atoms with Gasteiger partial charge in [-0.15, -0.1) is 0 Å². The first-order chi connectivity index (χ1) is 10.8. The summed E-state index contributed by atoms with van der Waals surface area (Å²) in [6.07, 6.45) is 0.643. The van der Waals surface area contributed by atoms with Crippen LogP contribution in [0, 0.1) is 0 Å². The van der Waals surface area contributed by atoms with Crippen molar-refractivity contribution in [2.45, 2.75) is 24.3 Å². The van der Waals surface area contributed by atoms with Crippen LogP contribution in [0.2, 0.25) is 5.02 Å². The summed E-state index contributed by atoms with van der Waals surface area (Å²) in [7, 11) is -1.03. The minimum atomic E-state index is -3.95. The van der Waals surface area contributed by atoms with Crippen LogP contribution >= 0.6 is 11.6 Å². The van der Waals surface area contributed by atoms with Crippen molar-refractivity contribution >= 4 is 27.5 Å². The van der Waals surface area contributed by atoms with Crippen LogP contribution in [-0.4, -0.2) is 47.7 Å². The number of hydrogen-bond acceptors (Lipinski definition) is 5. The van der Waals surface area contributed by atoms with Crippen LogP contribution < -0.4 is 14.8 Å². The molecule has 130 valence electrons. The van der Waals surface area contributed by atoms with Gasteiger partial charge in [-0.25, -0.2) is 8.42 Å². The van der Waals surface area contributed by atoms with Crippen molar-refractivity contribution in [3.63, 3.8) is 0 Å². The summed E-state index contributed by atoms with van der Waals surface area (Å²) in [4.78, 5) is 11.8. The lowest BCUT2D eigenvalue weighted by molar-refractivity contribution is -0.122. The highest BCUT2D eigenvalue weighted by atomic mass is 35.5. The predicted molar refractivity (Wildman–Crippen MR) is 87.3 cm³/mol. The lowest BCUT2D eigenvalue weighted by Gasteiger charge is -2.16. The van der Waals surface area contributed by atoms with Crippen LogP contribution in [-0.2, 0) is 19.6 Å². The molecule has 1 amide bonds. The zero-order valence-electron chi connectivity index (χ0n) is 13.3. The van der Waals surface area contributed by atoms with Crippen molar-refractivity contribution in [1.29, 1.82) is 0 Å². The molecule has 1 rings (SSSR count). The number of rotatable bonds is 9. The normalized spacial score (nSPS) is 12.7. The van der Waals surface area contributed by atoms with Crippen LogP contribution in [0.1, 0.15) is 13.3 Å². The molecule has 2 N–H and O–H groups in total. The van der Waals surface area contributed by atoms with Crippen molar-refractivity contribution < 1.29 is 22.7 Å². The molecule has 0 saturated heterocycles. The summed E-state index contributed by atoms with van der Waals surface area (Å²) in [6.45, 7) is 2.37. The molecule has 1 aromatic carbocycles. The molecule has 0 bridgehead atoms. The number of ether oxygens (including phenoxy) is 2. The zero-order chi connectivity index (χ0) is 17.5. The molecule has 0 heterocycles. The molecular weight excluding hydrogens is 344 g/mol. The van der Waals surface area contributed by atoms with Gasteiger partial charge in [0.2, 0.25) is 15.9 Å². The molecule has 1 atom stereocenters. The van der Waals surface area contributed by atoms with Gasteiger partial charge in [0.05, 0.1) is 13.2 Å². The molecular formula is C14H21ClN2O5S. The Hall–Kier alpha value is -1.35. The van der Waals surface area contributed by atoms with Gasteiger partial charge in [0.1, 0.15) is 10.6 Å². The molecule has 0 aliphatic heterocycles. The Bertz CT molecular complexity index is 636. The molecule has 0 aromatic heterocycles. The highest BCUT2D eigenvalue weighted by molar-refractivity contribution is 7.89. The molecule has 0 unspecified atom stereocenters. The molecule has 23 heavy (non-hydrogen) atoms. The number of hydrogen-bond donors (Lipinski definition) is 2. The summed E-state index contributed by atoms with van der Waals surface area (Å²) in [6, 6.07) is 3.30. The minimum absolute atomic E-state index is 0.119. The number of carbonyl (C=O) groups is 1. The summed E-state index contributed by atoms with van der Waals surface area (Å²) >= 11 is 5.84. The predicted octanol–water partition coefficient (Wildman–Crippen LogP) is 1.17. The van der Waals surface area contributed by atoms with Crippen molar-refractivity contribution in [2.24, 2.45) is 0 Å². The maximum atomic E-state index is 12.4. The Kier molecular flexibility index (Phi) is 7.77. The van der Waals surface area contributed by atoms with Crippen LogP contribution in [0.5, 0.6) is 5.75 Å². The van der Waals surface area contributed by atoms with Gasteiger partial charge in [0, 0.05) is 25.3 Å². The molecule has 0 aliphatic carbocycles. The fourth-order valence-corrected chi connectivity index (χ4v) is 3.43. The van der Waals surface area contributed by atoms with Crippen molar-refractivity contribution in [3.05, 3.63) is 23.2 Å². The van der Waals surface area contributed by atoms with E-state index in [0.717, 1.165) is 0 Å². The van der Waals surface area contributed by atoms with Crippen molar-refractivity contribution in [1.82, 2.24) is 10.0 Å². The van der Waals surface area contributed by atoms with Gasteiger partial charge in [-0.2, -0.15) is 4.72 Å². The number of nitrogens with one attached hydrogen (secondary N) is 2. The molecule has 1 aromatic rings. The summed E-state index contributed by atoms with van der Waals surface area (Å²) in [5.74, 6) is -0.278. The smallest absolute Gasteiger partial charge is 0.245 e. The monoisotopic (exact) mass is 364 g/mol. The fraction of sp³-hybridized carbons (Fsp3) is 0.500. The van der Waals surface area contributed by atoms with E-state index in [1.165, 1.54) is 32.2 Å². The first-order valence-corrected chi connectivity index (χ1v) is 8.80. The van der Waals surface area contributed by atoms with Gasteiger partial charge in [0.25, 0.3) is 0 Å². The van der Waals surface area contributed by atoms with Gasteiger partial charge in [-0.1, -0.05) is 11.6 Å². The quantitative estimate of drug-likeness (QED) is 0.641. The average molecular weight is 365 g/mol. The van der Waals surface area contributed by atoms with E-state index in [0.29, 0.717) is 19.6 Å². The van der Waals surface area contributed by atoms with Crippen molar-refractivity contribution in [2.75, 3.05) is 27.4 Å². The van der Waals surface area contributed by atoms with Crippen LogP contribution in [0.4, 0.5) is 0 Å². The number of benzene rings is 1. The molecule has 0 saturated carbocycles. The molecule has 7 nitrogen and oxygen atoms in total. The van der Waals surface area contributed by atoms with Gasteiger partial charge in [-0.3, -0.25) is 4.79 Å². The fourth-order valence-electron chi connectivity index (χ4n) is 1.79. The standard InChI is InChI=1S/C14H21ClN2O5S/c1-10(14(18)16-7-4-8-21-2)17-23(19,20)13-9-11(15)5-6-12(13)22-3/h5-6,9-10,17H,4,7-8H2,1-3H3,(H,16,18)/t10-/m1/s1. The van der Waals surface area contributed by atoms with Crippen LogP contribution in [0.25, 0.3) is 0 Å². The molecule has 0 aliphatic rings. The minimum Gasteiger partial charge on any atom is -0.495 e. The molecule has 9 heteroatoms. The van der Waals surface area contributed by atoms with Crippen molar-refractivity contribution in [3.8, 4) is 5.75 Å². The summed E-state index contributed by atoms with van der Waals surface area (Å²) in [5, 5.41) is 2.88. The third-order valence-corrected chi connectivity index (χ3v) is 4.76. The summed E-state index contributed by atoms with van der Waals surface area (Å²) in [5.41, 5.74) is 0. The lowest BCUT2D eigenvalue weighted by Crippen LogP contribution is -2.45. The van der Waals surface area contributed by atoms with Gasteiger partial charge >= 0.3 is 0 Å². The average Bonchev–Trinajstić information content (AvgIpc) is 2.50. The van der Waals surface area contributed by atoms with Gasteiger partial charge < -0.3 is 14.8 Å². The first-order valence-electron chi connectivity index (χ1n) is 6.94.